The van der Waals surface area contributed by atoms with Gasteiger partial charge in [0.05, 0.1) is 12.8 Å². The minimum absolute atomic E-state index is 0.170. The van der Waals surface area contributed by atoms with Crippen LogP contribution in [0.3, 0.4) is 0 Å². The van der Waals surface area contributed by atoms with E-state index in [1.54, 1.807) is 36.4 Å². The molecule has 4 aromatic rings. The van der Waals surface area contributed by atoms with Gasteiger partial charge >= 0.3 is 6.03 Å². The van der Waals surface area contributed by atoms with E-state index in [1.165, 1.54) is 13.2 Å². The third-order valence-electron chi connectivity index (χ3n) is 6.26. The molecule has 1 aliphatic heterocycles. The summed E-state index contributed by atoms with van der Waals surface area (Å²) < 4.78 is 12.4. The van der Waals surface area contributed by atoms with Crippen molar-refractivity contribution in [3.63, 3.8) is 0 Å². The van der Waals surface area contributed by atoms with Crippen molar-refractivity contribution in [3.8, 4) is 11.5 Å². The molecule has 0 spiro atoms. The van der Waals surface area contributed by atoms with Crippen molar-refractivity contribution in [1.82, 2.24) is 5.32 Å². The number of ether oxygens (including phenoxy) is 2. The molecule has 0 bridgehead atoms. The van der Waals surface area contributed by atoms with E-state index in [0.29, 0.717) is 29.4 Å². The minimum atomic E-state index is -0.798. The summed E-state index contributed by atoms with van der Waals surface area (Å²) in [4.78, 5) is 39.3. The summed E-state index contributed by atoms with van der Waals surface area (Å²) in [5.41, 5.74) is 2.61. The van der Waals surface area contributed by atoms with Gasteiger partial charge in [0.1, 0.15) is 12.2 Å². The van der Waals surface area contributed by atoms with Gasteiger partial charge in [0, 0.05) is 4.47 Å². The summed E-state index contributed by atoms with van der Waals surface area (Å²) >= 11 is 3.41. The summed E-state index contributed by atoms with van der Waals surface area (Å²) in [7, 11) is 1.52. The van der Waals surface area contributed by atoms with Crippen LogP contribution >= 0.6 is 15.9 Å². The summed E-state index contributed by atoms with van der Waals surface area (Å²) in [5.74, 6) is -0.514. The number of rotatable bonds is 6. The number of amides is 4. The number of imide groups is 2. The third kappa shape index (κ3) is 4.90. The first-order chi connectivity index (χ1) is 18.4. The summed E-state index contributed by atoms with van der Waals surface area (Å²) in [6.07, 6.45) is 1.43. The number of nitrogens with zero attached hydrogens (tertiary/aromatic N) is 1. The summed E-state index contributed by atoms with van der Waals surface area (Å²) in [6.45, 7) is 2.18. The van der Waals surface area contributed by atoms with Gasteiger partial charge < -0.3 is 9.47 Å². The third-order valence-corrected chi connectivity index (χ3v) is 7.15. The number of halogens is 1. The molecular formula is C30H23BrN2O5. The molecule has 8 heteroatoms. The monoisotopic (exact) mass is 570 g/mol. The molecule has 0 unspecified atom stereocenters. The molecule has 4 amide bonds. The van der Waals surface area contributed by atoms with Crippen molar-refractivity contribution >= 4 is 56.3 Å². The Morgan fingerprint density at radius 3 is 2.50 bits per heavy atom. The predicted octanol–water partition coefficient (Wildman–Crippen LogP) is 6.16. The van der Waals surface area contributed by atoms with Gasteiger partial charge in [0.25, 0.3) is 11.8 Å². The van der Waals surface area contributed by atoms with Gasteiger partial charge in [0.2, 0.25) is 0 Å². The number of fused-ring (bicyclic) bond motifs is 1. The molecule has 1 saturated heterocycles. The molecule has 1 N–H and O–H groups in total. The van der Waals surface area contributed by atoms with Crippen LogP contribution in [-0.4, -0.2) is 25.0 Å². The predicted molar refractivity (Wildman–Crippen MR) is 149 cm³/mol. The number of hydrogen-bond acceptors (Lipinski definition) is 5. The van der Waals surface area contributed by atoms with Crippen molar-refractivity contribution in [2.75, 3.05) is 12.0 Å². The van der Waals surface area contributed by atoms with Crippen LogP contribution < -0.4 is 19.7 Å². The second kappa shape index (κ2) is 10.5. The molecule has 7 nitrogen and oxygen atoms in total. The Morgan fingerprint density at radius 1 is 0.921 bits per heavy atom. The highest BCUT2D eigenvalue weighted by molar-refractivity contribution is 9.10. The van der Waals surface area contributed by atoms with Crippen molar-refractivity contribution in [3.05, 3.63) is 106 Å². The Hall–Kier alpha value is -4.43. The van der Waals surface area contributed by atoms with Gasteiger partial charge in [-0.15, -0.1) is 0 Å². The van der Waals surface area contributed by atoms with E-state index in [9.17, 15) is 14.4 Å². The summed E-state index contributed by atoms with van der Waals surface area (Å²) in [6, 6.07) is 23.5. The second-order valence-electron chi connectivity index (χ2n) is 8.73. The van der Waals surface area contributed by atoms with Crippen molar-refractivity contribution in [2.45, 2.75) is 13.5 Å². The highest BCUT2D eigenvalue weighted by atomic mass is 79.9. The molecule has 0 aliphatic carbocycles. The van der Waals surface area contributed by atoms with E-state index in [2.05, 4.69) is 39.4 Å². The van der Waals surface area contributed by atoms with Crippen LogP contribution in [0.1, 0.15) is 16.7 Å². The Kier molecular flexibility index (Phi) is 6.98. The van der Waals surface area contributed by atoms with Gasteiger partial charge in [-0.05, 0) is 70.8 Å². The lowest BCUT2D eigenvalue weighted by atomic mass is 10.1. The Balaban J connectivity index is 1.41. The van der Waals surface area contributed by atoms with Crippen LogP contribution in [0.5, 0.6) is 11.5 Å². The zero-order chi connectivity index (χ0) is 26.8. The highest BCUT2D eigenvalue weighted by Crippen LogP contribution is 2.32. The summed E-state index contributed by atoms with van der Waals surface area (Å²) in [5, 5.41) is 4.48. The lowest BCUT2D eigenvalue weighted by Crippen LogP contribution is -2.54. The molecule has 1 aliphatic rings. The SMILES string of the molecule is COc1cc(/C=C2\C(=O)NC(=O)N(c3ccc(Br)c(C)c3)C2=O)ccc1OCc1cccc2ccccc12. The topological polar surface area (TPSA) is 84.9 Å². The quantitative estimate of drug-likeness (QED) is 0.221. The average Bonchev–Trinajstić information content (AvgIpc) is 2.92. The van der Waals surface area contributed by atoms with Crippen LogP contribution in [0.2, 0.25) is 0 Å². The zero-order valence-corrected chi connectivity index (χ0v) is 22.2. The van der Waals surface area contributed by atoms with Crippen LogP contribution in [0.4, 0.5) is 10.5 Å². The molecule has 0 atom stereocenters. The van der Waals surface area contributed by atoms with E-state index in [4.69, 9.17) is 9.47 Å². The van der Waals surface area contributed by atoms with E-state index >= 15 is 0 Å². The first-order valence-corrected chi connectivity index (χ1v) is 12.6. The fourth-order valence-electron chi connectivity index (χ4n) is 4.29. The standard InChI is InChI=1S/C30H23BrN2O5/c1-18-14-22(11-12-25(18)31)33-29(35)24(28(34)32-30(33)36)15-19-10-13-26(27(16-19)37-2)38-17-21-8-5-7-20-6-3-4-9-23(20)21/h3-16H,17H2,1-2H3,(H,32,34,36)/b24-15+. The number of hydrogen-bond donors (Lipinski definition) is 1. The molecule has 190 valence electrons. The lowest BCUT2D eigenvalue weighted by Gasteiger charge is -2.26. The number of carbonyl (C=O) groups excluding carboxylic acids is 3. The normalized spacial score (nSPS) is 14.7. The number of nitrogens with one attached hydrogen (secondary N) is 1. The maximum absolute atomic E-state index is 13.2. The Bertz CT molecular complexity index is 1620. The van der Waals surface area contributed by atoms with Gasteiger partial charge in [-0.25, -0.2) is 9.69 Å². The number of urea groups is 1. The molecule has 0 radical (unpaired) electrons. The van der Waals surface area contributed by atoms with Gasteiger partial charge in [-0.2, -0.15) is 0 Å². The molecule has 4 aromatic carbocycles. The number of carbonyl (C=O) groups is 3. The van der Waals surface area contributed by atoms with Gasteiger partial charge in [0.15, 0.2) is 11.5 Å². The number of anilines is 1. The van der Waals surface area contributed by atoms with Gasteiger partial charge in [-0.1, -0.05) is 64.5 Å². The maximum Gasteiger partial charge on any atom is 0.335 e. The van der Waals surface area contributed by atoms with Crippen molar-refractivity contribution < 1.29 is 23.9 Å². The number of methoxy groups -OCH3 is 1. The second-order valence-corrected chi connectivity index (χ2v) is 9.58. The largest absolute Gasteiger partial charge is 0.493 e. The van der Waals surface area contributed by atoms with E-state index < -0.39 is 17.8 Å². The van der Waals surface area contributed by atoms with E-state index in [-0.39, 0.29) is 5.57 Å². The minimum Gasteiger partial charge on any atom is -0.493 e. The highest BCUT2D eigenvalue weighted by Gasteiger charge is 2.37. The molecule has 1 heterocycles. The zero-order valence-electron chi connectivity index (χ0n) is 20.7. The van der Waals surface area contributed by atoms with Crippen LogP contribution in [-0.2, 0) is 16.2 Å². The van der Waals surface area contributed by atoms with Crippen molar-refractivity contribution in [1.29, 1.82) is 0 Å². The van der Waals surface area contributed by atoms with E-state index in [0.717, 1.165) is 31.3 Å². The fraction of sp³-hybridized carbons (Fsp3) is 0.100. The molecule has 1 fully saturated rings. The number of aryl methyl sites for hydroxylation is 1. The van der Waals surface area contributed by atoms with Crippen molar-refractivity contribution in [2.24, 2.45) is 0 Å². The molecule has 5 rings (SSSR count). The fourth-order valence-corrected chi connectivity index (χ4v) is 4.54. The number of benzene rings is 4. The van der Waals surface area contributed by atoms with E-state index in [1.807, 2.05) is 31.2 Å². The smallest absolute Gasteiger partial charge is 0.335 e. The first-order valence-electron chi connectivity index (χ1n) is 11.8. The Morgan fingerprint density at radius 2 is 1.71 bits per heavy atom. The lowest BCUT2D eigenvalue weighted by molar-refractivity contribution is -0.122. The maximum atomic E-state index is 13.2. The first kappa shape index (κ1) is 25.2. The Labute approximate surface area is 227 Å². The molecule has 0 aromatic heterocycles. The number of barbiturate groups is 1. The van der Waals surface area contributed by atoms with Gasteiger partial charge in [-0.3, -0.25) is 14.9 Å². The van der Waals surface area contributed by atoms with Crippen LogP contribution in [0, 0.1) is 6.92 Å². The molecule has 38 heavy (non-hydrogen) atoms. The van der Waals surface area contributed by atoms with Crippen LogP contribution in [0.25, 0.3) is 16.8 Å². The molecular weight excluding hydrogens is 548 g/mol. The molecule has 0 saturated carbocycles. The van der Waals surface area contributed by atoms with Crippen LogP contribution in [0.15, 0.2) is 88.9 Å². The average molecular weight is 571 g/mol.